The number of benzene rings is 1. The van der Waals surface area contributed by atoms with Gasteiger partial charge in [-0.3, -0.25) is 9.38 Å². The lowest BCUT2D eigenvalue weighted by Crippen LogP contribution is -2.16. The quantitative estimate of drug-likeness (QED) is 0.411. The zero-order chi connectivity index (χ0) is 21.9. The average molecular weight is 434 g/mol. The van der Waals surface area contributed by atoms with Gasteiger partial charge in [-0.1, -0.05) is 0 Å². The Morgan fingerprint density at radius 3 is 2.66 bits per heavy atom. The van der Waals surface area contributed by atoms with E-state index in [1.54, 1.807) is 18.6 Å². The monoisotopic (exact) mass is 433 g/mol. The van der Waals surface area contributed by atoms with Crippen LogP contribution in [0.15, 0.2) is 36.8 Å². The van der Waals surface area contributed by atoms with Gasteiger partial charge in [-0.25, -0.2) is 9.97 Å². The van der Waals surface area contributed by atoms with Crippen molar-refractivity contribution in [2.75, 3.05) is 40.5 Å². The largest absolute Gasteiger partial charge is 0.490 e. The number of aromatic nitrogens is 6. The van der Waals surface area contributed by atoms with Crippen LogP contribution in [0.4, 0.5) is 0 Å². The normalized spacial score (nSPS) is 15.1. The van der Waals surface area contributed by atoms with Gasteiger partial charge in [0.25, 0.3) is 0 Å². The molecular weight excluding hydrogens is 406 g/mol. The number of nitrogens with zero attached hydrogens (tertiary/aromatic N) is 7. The van der Waals surface area contributed by atoms with Gasteiger partial charge in [0.1, 0.15) is 5.82 Å². The molecule has 0 unspecified atom stereocenters. The summed E-state index contributed by atoms with van der Waals surface area (Å²) in [7, 11) is 4.11. The van der Waals surface area contributed by atoms with E-state index in [0.717, 1.165) is 67.1 Å². The summed E-state index contributed by atoms with van der Waals surface area (Å²) in [5, 5.41) is 8.86. The first-order chi connectivity index (χ1) is 15.7. The summed E-state index contributed by atoms with van der Waals surface area (Å²) in [4.78, 5) is 15.7. The van der Waals surface area contributed by atoms with Crippen LogP contribution in [0.2, 0.25) is 0 Å². The van der Waals surface area contributed by atoms with Crippen LogP contribution in [0.3, 0.4) is 0 Å². The van der Waals surface area contributed by atoms with Crippen LogP contribution in [-0.4, -0.2) is 74.9 Å². The smallest absolute Gasteiger partial charge is 0.179 e. The van der Waals surface area contributed by atoms with Gasteiger partial charge in [0.05, 0.1) is 36.2 Å². The van der Waals surface area contributed by atoms with E-state index in [4.69, 9.17) is 9.47 Å². The molecule has 1 aliphatic rings. The molecule has 1 saturated heterocycles. The van der Waals surface area contributed by atoms with E-state index < -0.39 is 0 Å². The van der Waals surface area contributed by atoms with E-state index in [2.05, 4.69) is 54.6 Å². The zero-order valence-electron chi connectivity index (χ0n) is 18.4. The standard InChI is InChI=1S/C23H27N7O2/c1-29(2)8-3-9-32-18-13-25-22(26-14-18)17-4-5-19-20(12-17)30-21(15-24-19)27-28-23(30)16-6-10-31-11-7-16/h4-5,12-16H,3,6-11H2,1-2H3. The maximum absolute atomic E-state index is 5.76. The highest BCUT2D eigenvalue weighted by atomic mass is 16.5. The van der Waals surface area contributed by atoms with Crippen molar-refractivity contribution in [3.63, 3.8) is 0 Å². The predicted molar refractivity (Wildman–Crippen MR) is 121 cm³/mol. The fraction of sp³-hybridized carbons (Fsp3) is 0.435. The molecule has 4 aromatic rings. The number of ether oxygens (including phenoxy) is 2. The Hall–Kier alpha value is -3.17. The molecule has 1 aliphatic heterocycles. The maximum atomic E-state index is 5.76. The minimum atomic E-state index is 0.327. The van der Waals surface area contributed by atoms with Crippen LogP contribution >= 0.6 is 0 Å². The van der Waals surface area contributed by atoms with E-state index >= 15 is 0 Å². The molecule has 166 valence electrons. The molecule has 1 fully saturated rings. The van der Waals surface area contributed by atoms with Crippen molar-refractivity contribution in [3.8, 4) is 17.1 Å². The Balaban J connectivity index is 1.43. The molecule has 9 nitrogen and oxygen atoms in total. The Kier molecular flexibility index (Phi) is 5.91. The van der Waals surface area contributed by atoms with Gasteiger partial charge in [-0.05, 0) is 51.6 Å². The molecule has 5 rings (SSSR count). The second-order valence-electron chi connectivity index (χ2n) is 8.35. The second kappa shape index (κ2) is 9.13. The lowest BCUT2D eigenvalue weighted by atomic mass is 9.99. The van der Waals surface area contributed by atoms with Crippen molar-refractivity contribution >= 4 is 16.7 Å². The molecular formula is C23H27N7O2. The van der Waals surface area contributed by atoms with Crippen LogP contribution in [0.5, 0.6) is 5.75 Å². The summed E-state index contributed by atoms with van der Waals surface area (Å²) in [6, 6.07) is 6.05. The number of hydrogen-bond donors (Lipinski definition) is 0. The van der Waals surface area contributed by atoms with Gasteiger partial charge in [0.15, 0.2) is 17.2 Å². The first kappa shape index (κ1) is 20.7. The summed E-state index contributed by atoms with van der Waals surface area (Å²) in [5.41, 5.74) is 3.51. The summed E-state index contributed by atoms with van der Waals surface area (Å²) >= 11 is 0. The van der Waals surface area contributed by atoms with Gasteiger partial charge < -0.3 is 14.4 Å². The molecule has 0 amide bonds. The van der Waals surface area contributed by atoms with E-state index in [1.807, 2.05) is 12.1 Å². The van der Waals surface area contributed by atoms with Gasteiger partial charge in [-0.15, -0.1) is 10.2 Å². The zero-order valence-corrected chi connectivity index (χ0v) is 18.4. The first-order valence-corrected chi connectivity index (χ1v) is 11.0. The third-order valence-electron chi connectivity index (χ3n) is 5.74. The highest BCUT2D eigenvalue weighted by molar-refractivity contribution is 5.82. The van der Waals surface area contributed by atoms with E-state index in [0.29, 0.717) is 24.1 Å². The SMILES string of the molecule is CN(C)CCCOc1cnc(-c2ccc3ncc4nnc(C5CCOCC5)n4c3c2)nc1. The third kappa shape index (κ3) is 4.26. The molecule has 0 aliphatic carbocycles. The molecule has 4 heterocycles. The van der Waals surface area contributed by atoms with Crippen LogP contribution in [0, 0.1) is 0 Å². The van der Waals surface area contributed by atoms with Gasteiger partial charge in [-0.2, -0.15) is 0 Å². The molecule has 0 atom stereocenters. The Bertz CT molecular complexity index is 1200. The molecule has 0 saturated carbocycles. The second-order valence-corrected chi connectivity index (χ2v) is 8.35. The van der Waals surface area contributed by atoms with Crippen molar-refractivity contribution in [2.24, 2.45) is 0 Å². The minimum Gasteiger partial charge on any atom is -0.490 e. The van der Waals surface area contributed by atoms with Crippen molar-refractivity contribution in [3.05, 3.63) is 42.6 Å². The average Bonchev–Trinajstić information content (AvgIpc) is 3.27. The third-order valence-corrected chi connectivity index (χ3v) is 5.74. The van der Waals surface area contributed by atoms with Crippen LogP contribution < -0.4 is 4.74 Å². The predicted octanol–water partition coefficient (Wildman–Crippen LogP) is 2.96. The Labute approximate surface area is 186 Å². The fourth-order valence-electron chi connectivity index (χ4n) is 4.05. The lowest BCUT2D eigenvalue weighted by molar-refractivity contribution is 0.0834. The van der Waals surface area contributed by atoms with Crippen molar-refractivity contribution in [2.45, 2.75) is 25.2 Å². The van der Waals surface area contributed by atoms with Crippen LogP contribution in [0.1, 0.15) is 31.0 Å². The van der Waals surface area contributed by atoms with Gasteiger partial charge in [0, 0.05) is 31.2 Å². The number of fused-ring (bicyclic) bond motifs is 3. The highest BCUT2D eigenvalue weighted by Gasteiger charge is 2.22. The lowest BCUT2D eigenvalue weighted by Gasteiger charge is -2.20. The first-order valence-electron chi connectivity index (χ1n) is 11.0. The molecule has 9 heteroatoms. The molecule has 0 bridgehead atoms. The van der Waals surface area contributed by atoms with Crippen LogP contribution in [0.25, 0.3) is 28.1 Å². The molecule has 1 aromatic carbocycles. The van der Waals surface area contributed by atoms with E-state index in [-0.39, 0.29) is 0 Å². The molecule has 32 heavy (non-hydrogen) atoms. The summed E-state index contributed by atoms with van der Waals surface area (Å²) in [6.45, 7) is 3.14. The molecule has 0 spiro atoms. The number of hydrogen-bond acceptors (Lipinski definition) is 8. The maximum Gasteiger partial charge on any atom is 0.179 e. The Morgan fingerprint density at radius 2 is 1.88 bits per heavy atom. The van der Waals surface area contributed by atoms with E-state index in [9.17, 15) is 0 Å². The van der Waals surface area contributed by atoms with Gasteiger partial charge >= 0.3 is 0 Å². The Morgan fingerprint density at radius 1 is 1.06 bits per heavy atom. The summed E-state index contributed by atoms with van der Waals surface area (Å²) in [6.07, 6.45) is 8.08. The van der Waals surface area contributed by atoms with Crippen molar-refractivity contribution < 1.29 is 9.47 Å². The molecule has 0 radical (unpaired) electrons. The van der Waals surface area contributed by atoms with E-state index in [1.165, 1.54) is 0 Å². The number of rotatable bonds is 7. The molecule has 0 N–H and O–H groups in total. The molecule has 3 aromatic heterocycles. The van der Waals surface area contributed by atoms with Crippen molar-refractivity contribution in [1.82, 2.24) is 34.4 Å². The summed E-state index contributed by atoms with van der Waals surface area (Å²) < 4.78 is 13.4. The highest BCUT2D eigenvalue weighted by Crippen LogP contribution is 2.29. The van der Waals surface area contributed by atoms with Crippen molar-refractivity contribution in [1.29, 1.82) is 0 Å². The summed E-state index contributed by atoms with van der Waals surface area (Å²) in [5.74, 6) is 2.62. The van der Waals surface area contributed by atoms with Crippen LogP contribution in [-0.2, 0) is 4.74 Å². The minimum absolute atomic E-state index is 0.327. The fourth-order valence-corrected chi connectivity index (χ4v) is 4.05. The van der Waals surface area contributed by atoms with Gasteiger partial charge in [0.2, 0.25) is 0 Å². The topological polar surface area (TPSA) is 90.6 Å².